The van der Waals surface area contributed by atoms with Crippen molar-refractivity contribution >= 4 is 11.8 Å². The van der Waals surface area contributed by atoms with Crippen LogP contribution in [0.3, 0.4) is 0 Å². The van der Waals surface area contributed by atoms with Crippen molar-refractivity contribution in [2.75, 3.05) is 37.7 Å². The maximum atomic E-state index is 12.4. The van der Waals surface area contributed by atoms with E-state index in [-0.39, 0.29) is 11.2 Å². The van der Waals surface area contributed by atoms with Gasteiger partial charge in [0.1, 0.15) is 0 Å². The van der Waals surface area contributed by atoms with E-state index in [1.54, 1.807) is 6.07 Å². The van der Waals surface area contributed by atoms with Crippen LogP contribution in [0.25, 0.3) is 0 Å². The van der Waals surface area contributed by atoms with Gasteiger partial charge in [0.15, 0.2) is 5.75 Å². The number of hydrogen-bond donors (Lipinski definition) is 1. The lowest BCUT2D eigenvalue weighted by Gasteiger charge is -2.28. The Morgan fingerprint density at radius 1 is 1.07 bits per heavy atom. The minimum Gasteiger partial charge on any atom is -0.503 e. The van der Waals surface area contributed by atoms with E-state index in [0.717, 1.165) is 62.0 Å². The van der Waals surface area contributed by atoms with Crippen LogP contribution in [0.4, 0.5) is 0 Å². The third-order valence-electron chi connectivity index (χ3n) is 6.05. The summed E-state index contributed by atoms with van der Waals surface area (Å²) in [5.41, 5.74) is 2.85. The largest absolute Gasteiger partial charge is 0.503 e. The van der Waals surface area contributed by atoms with E-state index in [2.05, 4.69) is 40.1 Å². The van der Waals surface area contributed by atoms with Gasteiger partial charge < -0.3 is 9.67 Å². The van der Waals surface area contributed by atoms with E-state index in [0.29, 0.717) is 12.5 Å². The molecule has 3 heterocycles. The summed E-state index contributed by atoms with van der Waals surface area (Å²) in [5.74, 6) is 2.72. The molecular formula is C22H29N3O2S. The smallest absolute Gasteiger partial charge is 0.223 e. The maximum absolute atomic E-state index is 12.4. The third-order valence-corrected chi connectivity index (χ3v) is 6.99. The highest BCUT2D eigenvalue weighted by atomic mass is 32.2. The van der Waals surface area contributed by atoms with Crippen LogP contribution in [0.5, 0.6) is 5.75 Å². The predicted octanol–water partition coefficient (Wildman–Crippen LogP) is 2.63. The Kier molecular flexibility index (Phi) is 6.09. The molecule has 1 unspecified atom stereocenters. The average molecular weight is 400 g/mol. The van der Waals surface area contributed by atoms with E-state index in [1.807, 2.05) is 23.4 Å². The van der Waals surface area contributed by atoms with Crippen LogP contribution >= 0.6 is 11.8 Å². The molecule has 1 N–H and O–H groups in total. The monoisotopic (exact) mass is 399 g/mol. The fourth-order valence-corrected chi connectivity index (χ4v) is 5.28. The van der Waals surface area contributed by atoms with Gasteiger partial charge in [-0.3, -0.25) is 14.6 Å². The highest BCUT2D eigenvalue weighted by molar-refractivity contribution is 7.99. The number of benzene rings is 1. The Morgan fingerprint density at radius 2 is 1.82 bits per heavy atom. The molecule has 2 fully saturated rings. The standard InChI is InChI=1S/C22H29N3O2S/c1-23-19(15-24-9-11-28-12-10-24)13-21(26)22(27)20(23)16-25-8-7-18(14-25)17-5-3-2-4-6-17/h2-6,13,18,27H,7-12,14-16H2,1H3. The maximum Gasteiger partial charge on any atom is 0.223 e. The summed E-state index contributed by atoms with van der Waals surface area (Å²) < 4.78 is 2.04. The van der Waals surface area contributed by atoms with E-state index < -0.39 is 0 Å². The molecule has 0 aliphatic carbocycles. The molecule has 2 aliphatic rings. The molecule has 1 atom stereocenters. The Bertz CT molecular complexity index is 862. The molecular weight excluding hydrogens is 370 g/mol. The second-order valence-corrected chi connectivity index (χ2v) is 9.10. The van der Waals surface area contributed by atoms with E-state index in [9.17, 15) is 9.90 Å². The van der Waals surface area contributed by atoms with Gasteiger partial charge in [-0.25, -0.2) is 0 Å². The summed E-state index contributed by atoms with van der Waals surface area (Å²) in [7, 11) is 1.98. The van der Waals surface area contributed by atoms with Crippen molar-refractivity contribution in [2.45, 2.75) is 25.4 Å². The molecule has 2 saturated heterocycles. The molecule has 6 heteroatoms. The Balaban J connectivity index is 1.50. The van der Waals surface area contributed by atoms with Crippen molar-refractivity contribution < 1.29 is 5.11 Å². The van der Waals surface area contributed by atoms with Crippen LogP contribution in [0.2, 0.25) is 0 Å². The number of rotatable bonds is 5. The van der Waals surface area contributed by atoms with Gasteiger partial charge in [0.25, 0.3) is 0 Å². The topological polar surface area (TPSA) is 48.7 Å². The SMILES string of the molecule is Cn1c(CN2CCSCC2)cc(=O)c(O)c1CN1CCC(c2ccccc2)C1. The lowest BCUT2D eigenvalue weighted by molar-refractivity contribution is 0.279. The van der Waals surface area contributed by atoms with Crippen molar-refractivity contribution in [3.05, 3.63) is 63.6 Å². The molecule has 1 aromatic heterocycles. The van der Waals surface area contributed by atoms with E-state index in [4.69, 9.17) is 0 Å². The molecule has 0 bridgehead atoms. The van der Waals surface area contributed by atoms with Gasteiger partial charge in [-0.05, 0) is 24.4 Å². The second-order valence-electron chi connectivity index (χ2n) is 7.87. The summed E-state index contributed by atoms with van der Waals surface area (Å²) in [4.78, 5) is 17.2. The number of aromatic hydroxyl groups is 1. The van der Waals surface area contributed by atoms with Crippen LogP contribution in [-0.2, 0) is 20.1 Å². The first-order valence-corrected chi connectivity index (χ1v) is 11.3. The van der Waals surface area contributed by atoms with Gasteiger partial charge in [0.2, 0.25) is 5.43 Å². The lowest BCUT2D eigenvalue weighted by Crippen LogP contribution is -2.34. The summed E-state index contributed by atoms with van der Waals surface area (Å²) in [6.07, 6.45) is 1.11. The highest BCUT2D eigenvalue weighted by Crippen LogP contribution is 2.29. The first-order valence-electron chi connectivity index (χ1n) is 10.1. The fraction of sp³-hybridized carbons (Fsp3) is 0.500. The van der Waals surface area contributed by atoms with Gasteiger partial charge in [0.05, 0.1) is 5.69 Å². The van der Waals surface area contributed by atoms with Crippen molar-refractivity contribution in [1.82, 2.24) is 14.4 Å². The summed E-state index contributed by atoms with van der Waals surface area (Å²) in [6.45, 7) is 5.45. The van der Waals surface area contributed by atoms with Gasteiger partial charge in [0, 0.05) is 63.0 Å². The number of likely N-dealkylation sites (tertiary alicyclic amines) is 1. The summed E-state index contributed by atoms with van der Waals surface area (Å²) in [5, 5.41) is 10.5. The molecule has 5 nitrogen and oxygen atoms in total. The molecule has 2 aromatic rings. The Morgan fingerprint density at radius 3 is 2.57 bits per heavy atom. The van der Waals surface area contributed by atoms with Crippen molar-refractivity contribution in [3.8, 4) is 5.75 Å². The number of nitrogens with zero attached hydrogens (tertiary/aromatic N) is 3. The number of thioether (sulfide) groups is 1. The molecule has 2 aliphatic heterocycles. The molecule has 1 aromatic carbocycles. The quantitative estimate of drug-likeness (QED) is 0.838. The first-order chi connectivity index (χ1) is 13.6. The van der Waals surface area contributed by atoms with E-state index >= 15 is 0 Å². The normalized spacial score (nSPS) is 21.2. The zero-order valence-electron chi connectivity index (χ0n) is 16.5. The van der Waals surface area contributed by atoms with Crippen LogP contribution in [0.15, 0.2) is 41.2 Å². The summed E-state index contributed by atoms with van der Waals surface area (Å²) in [6, 6.07) is 12.2. The number of hydrogen-bond acceptors (Lipinski definition) is 5. The molecule has 0 saturated carbocycles. The molecule has 0 radical (unpaired) electrons. The zero-order chi connectivity index (χ0) is 19.5. The molecule has 150 valence electrons. The van der Waals surface area contributed by atoms with Gasteiger partial charge in [-0.15, -0.1) is 0 Å². The minimum atomic E-state index is -0.256. The fourth-order valence-electron chi connectivity index (χ4n) is 4.30. The Hall–Kier alpha value is -1.76. The van der Waals surface area contributed by atoms with Crippen molar-refractivity contribution in [3.63, 3.8) is 0 Å². The van der Waals surface area contributed by atoms with Crippen molar-refractivity contribution in [1.29, 1.82) is 0 Å². The molecule has 0 amide bonds. The van der Waals surface area contributed by atoms with E-state index in [1.165, 1.54) is 5.56 Å². The first kappa shape index (κ1) is 19.6. The molecule has 0 spiro atoms. The highest BCUT2D eigenvalue weighted by Gasteiger charge is 2.26. The number of aromatic nitrogens is 1. The lowest BCUT2D eigenvalue weighted by atomic mass is 9.99. The second kappa shape index (κ2) is 8.72. The molecule has 4 rings (SSSR count). The van der Waals surface area contributed by atoms with Gasteiger partial charge in [-0.2, -0.15) is 11.8 Å². The third kappa shape index (κ3) is 4.29. The van der Waals surface area contributed by atoms with Crippen LogP contribution in [-0.4, -0.2) is 57.2 Å². The average Bonchev–Trinajstić information content (AvgIpc) is 3.19. The zero-order valence-corrected chi connectivity index (χ0v) is 17.3. The van der Waals surface area contributed by atoms with Gasteiger partial charge >= 0.3 is 0 Å². The molecule has 28 heavy (non-hydrogen) atoms. The minimum absolute atomic E-state index is 0.0939. The van der Waals surface area contributed by atoms with Crippen LogP contribution in [0.1, 0.15) is 29.3 Å². The van der Waals surface area contributed by atoms with Crippen LogP contribution in [0, 0.1) is 0 Å². The van der Waals surface area contributed by atoms with Crippen molar-refractivity contribution in [2.24, 2.45) is 7.05 Å². The van der Waals surface area contributed by atoms with Crippen LogP contribution < -0.4 is 5.43 Å². The Labute approximate surface area is 171 Å². The van der Waals surface area contributed by atoms with Gasteiger partial charge in [-0.1, -0.05) is 30.3 Å². The predicted molar refractivity (Wildman–Crippen MR) is 115 cm³/mol. The number of pyridine rings is 1. The summed E-state index contributed by atoms with van der Waals surface area (Å²) >= 11 is 1.98.